The van der Waals surface area contributed by atoms with Crippen molar-refractivity contribution in [2.75, 3.05) is 25.5 Å². The predicted molar refractivity (Wildman–Crippen MR) is 127 cm³/mol. The second-order valence-corrected chi connectivity index (χ2v) is 8.37. The van der Waals surface area contributed by atoms with Crippen molar-refractivity contribution in [2.24, 2.45) is 0 Å². The average Bonchev–Trinajstić information content (AvgIpc) is 3.23. The molecule has 1 aliphatic rings. The minimum atomic E-state index is 0.0312. The van der Waals surface area contributed by atoms with Gasteiger partial charge in [-0.2, -0.15) is 0 Å². The van der Waals surface area contributed by atoms with E-state index in [0.29, 0.717) is 0 Å². The maximum Gasteiger partial charge on any atom is 0.170 e. The first-order chi connectivity index (χ1) is 14.4. The molecule has 0 aliphatic carbocycles. The molecule has 2 atom stereocenters. The summed E-state index contributed by atoms with van der Waals surface area (Å²) in [7, 11) is 4.12. The van der Waals surface area contributed by atoms with Crippen molar-refractivity contribution in [3.05, 3.63) is 77.4 Å². The minimum absolute atomic E-state index is 0.0312. The number of hydrogen-bond acceptors (Lipinski definition) is 3. The zero-order valence-electron chi connectivity index (χ0n) is 18.3. The first kappa shape index (κ1) is 20.4. The number of pyridine rings is 1. The van der Waals surface area contributed by atoms with Crippen molar-refractivity contribution >= 4 is 23.0 Å². The van der Waals surface area contributed by atoms with Crippen molar-refractivity contribution in [2.45, 2.75) is 32.9 Å². The molecule has 1 N–H and O–H groups in total. The standard InChI is InChI=1S/C24H29N5S/c1-6-28-23(22(26-24(28)30)21-9-7-8-14-25-21)20-15-16(2)29(17(20)3)19-12-10-18(11-13-19)27(4)5/h7-15,22-23H,6H2,1-5H3,(H,26,30). The van der Waals surface area contributed by atoms with Gasteiger partial charge in [-0.25, -0.2) is 0 Å². The number of anilines is 1. The number of rotatable bonds is 5. The van der Waals surface area contributed by atoms with Gasteiger partial charge in [-0.15, -0.1) is 0 Å². The Hall–Kier alpha value is -2.86. The number of aromatic nitrogens is 2. The lowest BCUT2D eigenvalue weighted by molar-refractivity contribution is 0.329. The van der Waals surface area contributed by atoms with Gasteiger partial charge in [-0.1, -0.05) is 6.07 Å². The zero-order chi connectivity index (χ0) is 21.4. The summed E-state index contributed by atoms with van der Waals surface area (Å²) in [6.45, 7) is 7.37. The lowest BCUT2D eigenvalue weighted by atomic mass is 9.97. The van der Waals surface area contributed by atoms with E-state index in [1.807, 2.05) is 18.3 Å². The third kappa shape index (κ3) is 3.45. The molecule has 4 rings (SSSR count). The molecule has 3 aromatic rings. The van der Waals surface area contributed by atoms with Crippen molar-refractivity contribution in [1.82, 2.24) is 19.8 Å². The highest BCUT2D eigenvalue weighted by molar-refractivity contribution is 7.80. The van der Waals surface area contributed by atoms with Crippen LogP contribution in [0.2, 0.25) is 0 Å². The summed E-state index contributed by atoms with van der Waals surface area (Å²) in [5, 5.41) is 4.31. The van der Waals surface area contributed by atoms with Gasteiger partial charge in [0, 0.05) is 49.6 Å². The van der Waals surface area contributed by atoms with E-state index in [-0.39, 0.29) is 12.1 Å². The Balaban J connectivity index is 1.79. The molecule has 1 saturated heterocycles. The van der Waals surface area contributed by atoms with Crippen LogP contribution in [0, 0.1) is 13.8 Å². The van der Waals surface area contributed by atoms with Gasteiger partial charge >= 0.3 is 0 Å². The van der Waals surface area contributed by atoms with Crippen LogP contribution >= 0.6 is 12.2 Å². The number of benzene rings is 1. The Morgan fingerprint density at radius 1 is 1.10 bits per heavy atom. The Labute approximate surface area is 184 Å². The Morgan fingerprint density at radius 2 is 1.83 bits per heavy atom. The molecule has 0 bridgehead atoms. The van der Waals surface area contributed by atoms with E-state index in [9.17, 15) is 0 Å². The number of aryl methyl sites for hydroxylation is 1. The highest BCUT2D eigenvalue weighted by atomic mass is 32.1. The van der Waals surface area contributed by atoms with Crippen LogP contribution in [0.25, 0.3) is 5.69 Å². The van der Waals surface area contributed by atoms with Gasteiger partial charge in [0.05, 0.1) is 17.8 Å². The summed E-state index contributed by atoms with van der Waals surface area (Å²) in [4.78, 5) is 9.01. The molecule has 1 fully saturated rings. The Morgan fingerprint density at radius 3 is 2.43 bits per heavy atom. The molecule has 0 saturated carbocycles. The first-order valence-corrected chi connectivity index (χ1v) is 10.8. The quantitative estimate of drug-likeness (QED) is 0.614. The Bertz CT molecular complexity index is 1040. The van der Waals surface area contributed by atoms with E-state index < -0.39 is 0 Å². The summed E-state index contributed by atoms with van der Waals surface area (Å²) in [5.74, 6) is 0. The monoisotopic (exact) mass is 419 g/mol. The molecule has 3 heterocycles. The summed E-state index contributed by atoms with van der Waals surface area (Å²) in [6, 6.07) is 17.2. The lowest BCUT2D eigenvalue weighted by Crippen LogP contribution is -2.29. The maximum atomic E-state index is 5.68. The van der Waals surface area contributed by atoms with Gasteiger partial charge in [-0.05, 0) is 81.0 Å². The van der Waals surface area contributed by atoms with Gasteiger partial charge < -0.3 is 19.7 Å². The minimum Gasteiger partial charge on any atom is -0.378 e. The molecule has 5 nitrogen and oxygen atoms in total. The van der Waals surface area contributed by atoms with Crippen molar-refractivity contribution in [3.8, 4) is 5.69 Å². The third-order valence-corrected chi connectivity index (χ3v) is 6.30. The topological polar surface area (TPSA) is 36.3 Å². The molecule has 2 unspecified atom stereocenters. The van der Waals surface area contributed by atoms with Crippen LogP contribution in [0.1, 0.15) is 41.7 Å². The molecule has 1 aromatic carbocycles. The molecule has 1 aliphatic heterocycles. The highest BCUT2D eigenvalue weighted by Gasteiger charge is 2.40. The van der Waals surface area contributed by atoms with Crippen LogP contribution in [-0.2, 0) is 0 Å². The SMILES string of the molecule is CCN1C(=S)NC(c2ccccn2)C1c1cc(C)n(-c2ccc(N(C)C)cc2)c1C. The molecule has 30 heavy (non-hydrogen) atoms. The summed E-state index contributed by atoms with van der Waals surface area (Å²) in [5.41, 5.74) is 7.12. The zero-order valence-corrected chi connectivity index (χ0v) is 19.1. The fourth-order valence-electron chi connectivity index (χ4n) is 4.47. The van der Waals surface area contributed by atoms with Gasteiger partial charge in [0.25, 0.3) is 0 Å². The van der Waals surface area contributed by atoms with E-state index in [1.165, 1.54) is 28.3 Å². The normalized spacial score (nSPS) is 18.6. The number of nitrogens with zero attached hydrogens (tertiary/aromatic N) is 4. The van der Waals surface area contributed by atoms with E-state index in [2.05, 4.69) is 95.9 Å². The van der Waals surface area contributed by atoms with Crippen molar-refractivity contribution in [3.63, 3.8) is 0 Å². The Kier molecular flexibility index (Phi) is 5.52. The summed E-state index contributed by atoms with van der Waals surface area (Å²) in [6.07, 6.45) is 1.85. The van der Waals surface area contributed by atoms with Crippen LogP contribution < -0.4 is 10.2 Å². The summed E-state index contributed by atoms with van der Waals surface area (Å²) < 4.78 is 2.33. The molecule has 0 spiro atoms. The maximum absolute atomic E-state index is 5.68. The smallest absolute Gasteiger partial charge is 0.170 e. The molecular formula is C24H29N5S. The molecular weight excluding hydrogens is 390 g/mol. The van der Waals surface area contributed by atoms with E-state index >= 15 is 0 Å². The number of hydrogen-bond donors (Lipinski definition) is 1. The average molecular weight is 420 g/mol. The molecule has 2 aromatic heterocycles. The number of likely N-dealkylation sites (N-methyl/N-ethyl adjacent to an activating group) is 1. The van der Waals surface area contributed by atoms with Crippen LogP contribution in [0.4, 0.5) is 5.69 Å². The van der Waals surface area contributed by atoms with Gasteiger partial charge in [0.2, 0.25) is 0 Å². The van der Waals surface area contributed by atoms with E-state index in [1.54, 1.807) is 0 Å². The van der Waals surface area contributed by atoms with Crippen LogP contribution in [0.15, 0.2) is 54.7 Å². The second kappa shape index (κ2) is 8.11. The number of thiocarbonyl (C=S) groups is 1. The first-order valence-electron chi connectivity index (χ1n) is 10.4. The number of nitrogens with one attached hydrogen (secondary N) is 1. The van der Waals surface area contributed by atoms with E-state index in [0.717, 1.165) is 17.4 Å². The second-order valence-electron chi connectivity index (χ2n) is 7.99. The molecule has 0 amide bonds. The lowest BCUT2D eigenvalue weighted by Gasteiger charge is -2.27. The van der Waals surface area contributed by atoms with Crippen LogP contribution in [-0.4, -0.2) is 40.2 Å². The largest absolute Gasteiger partial charge is 0.378 e. The summed E-state index contributed by atoms with van der Waals surface area (Å²) >= 11 is 5.68. The fourth-order valence-corrected chi connectivity index (χ4v) is 4.84. The van der Waals surface area contributed by atoms with Gasteiger partial charge in [-0.3, -0.25) is 4.98 Å². The van der Waals surface area contributed by atoms with Crippen molar-refractivity contribution in [1.29, 1.82) is 0 Å². The molecule has 6 heteroatoms. The molecule has 156 valence electrons. The van der Waals surface area contributed by atoms with Crippen molar-refractivity contribution < 1.29 is 0 Å². The van der Waals surface area contributed by atoms with Crippen LogP contribution in [0.5, 0.6) is 0 Å². The molecule has 0 radical (unpaired) electrons. The third-order valence-electron chi connectivity index (χ3n) is 5.95. The van der Waals surface area contributed by atoms with Gasteiger partial charge in [0.15, 0.2) is 5.11 Å². The highest BCUT2D eigenvalue weighted by Crippen LogP contribution is 2.41. The van der Waals surface area contributed by atoms with Gasteiger partial charge in [0.1, 0.15) is 0 Å². The van der Waals surface area contributed by atoms with E-state index in [4.69, 9.17) is 12.2 Å². The predicted octanol–water partition coefficient (Wildman–Crippen LogP) is 4.55. The van der Waals surface area contributed by atoms with Crippen LogP contribution in [0.3, 0.4) is 0 Å². The fraction of sp³-hybridized carbons (Fsp3) is 0.333.